The molecule has 1 heterocycles. The van der Waals surface area contributed by atoms with Gasteiger partial charge in [0.05, 0.1) is 0 Å². The molecule has 2 N–H and O–H groups in total. The molecule has 4 rings (SSSR count). The summed E-state index contributed by atoms with van der Waals surface area (Å²) in [6.07, 6.45) is 3.04. The second-order valence-electron chi connectivity index (χ2n) is 5.69. The second-order valence-corrected chi connectivity index (χ2v) is 5.69. The molecule has 3 heteroatoms. The molecular weight excluding hydrogens is 263 g/mol. The maximum absolute atomic E-state index is 13.6. The normalized spacial score (nSPS) is 20.9. The first-order valence-corrected chi connectivity index (χ1v) is 7.30. The molecular formula is C18H17FN2. The highest BCUT2D eigenvalue weighted by Gasteiger charge is 2.31. The van der Waals surface area contributed by atoms with Crippen molar-refractivity contribution < 1.29 is 4.39 Å². The highest BCUT2D eigenvalue weighted by molar-refractivity contribution is 5.84. The average molecular weight is 280 g/mol. The molecule has 0 saturated carbocycles. The van der Waals surface area contributed by atoms with Gasteiger partial charge in [0.1, 0.15) is 5.82 Å². The molecule has 1 aliphatic rings. The number of H-pyrrole nitrogens is 1. The maximum atomic E-state index is 13.6. The van der Waals surface area contributed by atoms with E-state index in [1.807, 2.05) is 19.3 Å². The largest absolute Gasteiger partial charge is 0.361 e. The van der Waals surface area contributed by atoms with Gasteiger partial charge in [-0.2, -0.15) is 0 Å². The van der Waals surface area contributed by atoms with Crippen molar-refractivity contribution in [3.05, 3.63) is 71.2 Å². The molecule has 1 aromatic heterocycles. The fourth-order valence-electron chi connectivity index (χ4n) is 3.61. The Morgan fingerprint density at radius 2 is 1.90 bits per heavy atom. The molecule has 0 bridgehead atoms. The van der Waals surface area contributed by atoms with Crippen molar-refractivity contribution in [2.24, 2.45) is 0 Å². The van der Waals surface area contributed by atoms with Crippen molar-refractivity contribution in [1.82, 2.24) is 10.3 Å². The second kappa shape index (κ2) is 4.71. The van der Waals surface area contributed by atoms with Gasteiger partial charge in [-0.3, -0.25) is 0 Å². The van der Waals surface area contributed by atoms with Crippen LogP contribution in [0.25, 0.3) is 10.9 Å². The Bertz CT molecular complexity index is 806. The van der Waals surface area contributed by atoms with Gasteiger partial charge in [-0.25, -0.2) is 4.39 Å². The van der Waals surface area contributed by atoms with Gasteiger partial charge in [0.25, 0.3) is 0 Å². The monoisotopic (exact) mass is 280 g/mol. The smallest absolute Gasteiger partial charge is 0.123 e. The molecule has 0 fully saturated rings. The number of nitrogens with one attached hydrogen (secondary N) is 2. The molecule has 2 unspecified atom stereocenters. The Balaban J connectivity index is 1.88. The molecule has 2 nitrogen and oxygen atoms in total. The summed E-state index contributed by atoms with van der Waals surface area (Å²) in [7, 11) is 2.00. The summed E-state index contributed by atoms with van der Waals surface area (Å²) < 4.78 is 13.6. The van der Waals surface area contributed by atoms with Crippen LogP contribution in [0.1, 0.15) is 35.1 Å². The summed E-state index contributed by atoms with van der Waals surface area (Å²) in [5, 5.41) is 4.38. The van der Waals surface area contributed by atoms with Crippen LogP contribution in [0.15, 0.2) is 48.7 Å². The zero-order valence-electron chi connectivity index (χ0n) is 11.9. The lowest BCUT2D eigenvalue weighted by Gasteiger charge is -2.11. The van der Waals surface area contributed by atoms with Crippen LogP contribution in [-0.4, -0.2) is 12.0 Å². The van der Waals surface area contributed by atoms with Crippen LogP contribution in [0.2, 0.25) is 0 Å². The maximum Gasteiger partial charge on any atom is 0.123 e. The molecule has 0 saturated heterocycles. The lowest BCUT2D eigenvalue weighted by atomic mass is 9.92. The van der Waals surface area contributed by atoms with Crippen LogP contribution >= 0.6 is 0 Å². The summed E-state index contributed by atoms with van der Waals surface area (Å²) in [4.78, 5) is 3.27. The molecule has 0 amide bonds. The topological polar surface area (TPSA) is 27.8 Å². The molecule has 21 heavy (non-hydrogen) atoms. The van der Waals surface area contributed by atoms with Crippen molar-refractivity contribution in [3.8, 4) is 0 Å². The quantitative estimate of drug-likeness (QED) is 0.726. The van der Waals surface area contributed by atoms with E-state index in [1.54, 1.807) is 6.07 Å². The lowest BCUT2D eigenvalue weighted by Crippen LogP contribution is -2.13. The number of benzene rings is 2. The Labute approximate surface area is 123 Å². The van der Waals surface area contributed by atoms with E-state index in [4.69, 9.17) is 0 Å². The molecule has 0 radical (unpaired) electrons. The standard InChI is InChI=1S/C18H17FN2/c1-20-18-9-14(12-4-2-3-5-13(12)18)16-10-21-17-7-6-11(19)8-15(16)17/h2-8,10,14,18,20-21H,9H2,1H3. The van der Waals surface area contributed by atoms with E-state index < -0.39 is 0 Å². The first kappa shape index (κ1) is 12.6. The summed E-state index contributed by atoms with van der Waals surface area (Å²) in [5.41, 5.74) is 4.89. The highest BCUT2D eigenvalue weighted by atomic mass is 19.1. The van der Waals surface area contributed by atoms with Crippen molar-refractivity contribution in [3.63, 3.8) is 0 Å². The minimum Gasteiger partial charge on any atom is -0.361 e. The first-order valence-electron chi connectivity index (χ1n) is 7.30. The Kier molecular flexibility index (Phi) is 2.82. The van der Waals surface area contributed by atoms with Gasteiger partial charge in [0.15, 0.2) is 0 Å². The molecule has 0 aliphatic heterocycles. The van der Waals surface area contributed by atoms with Gasteiger partial charge in [0.2, 0.25) is 0 Å². The number of halogens is 1. The molecule has 2 aromatic carbocycles. The van der Waals surface area contributed by atoms with Gasteiger partial charge in [-0.05, 0) is 48.4 Å². The number of hydrogen-bond donors (Lipinski definition) is 2. The number of rotatable bonds is 2. The Morgan fingerprint density at radius 3 is 2.71 bits per heavy atom. The number of aromatic amines is 1. The number of fused-ring (bicyclic) bond motifs is 2. The van der Waals surface area contributed by atoms with E-state index in [1.165, 1.54) is 22.8 Å². The van der Waals surface area contributed by atoms with Gasteiger partial charge in [-0.1, -0.05) is 24.3 Å². The van der Waals surface area contributed by atoms with Crippen LogP contribution in [0.3, 0.4) is 0 Å². The van der Waals surface area contributed by atoms with Crippen LogP contribution in [0.4, 0.5) is 4.39 Å². The van der Waals surface area contributed by atoms with Crippen LogP contribution < -0.4 is 5.32 Å². The van der Waals surface area contributed by atoms with Crippen LogP contribution in [-0.2, 0) is 0 Å². The van der Waals surface area contributed by atoms with Gasteiger partial charge in [0, 0.05) is 29.1 Å². The van der Waals surface area contributed by atoms with Gasteiger partial charge in [-0.15, -0.1) is 0 Å². The van der Waals surface area contributed by atoms with Gasteiger partial charge >= 0.3 is 0 Å². The number of hydrogen-bond acceptors (Lipinski definition) is 1. The molecule has 0 spiro atoms. The summed E-state index contributed by atoms with van der Waals surface area (Å²) in [5.74, 6) is 0.133. The SMILES string of the molecule is CNC1CC(c2c[nH]c3ccc(F)cc23)c2ccccc21. The minimum absolute atomic E-state index is 0.181. The van der Waals surface area contributed by atoms with E-state index in [2.05, 4.69) is 34.6 Å². The van der Waals surface area contributed by atoms with E-state index in [-0.39, 0.29) is 5.82 Å². The van der Waals surface area contributed by atoms with Crippen molar-refractivity contribution in [1.29, 1.82) is 0 Å². The Hall–Kier alpha value is -2.13. The third kappa shape index (κ3) is 1.88. The third-order valence-corrected chi connectivity index (χ3v) is 4.62. The van der Waals surface area contributed by atoms with Crippen LogP contribution in [0.5, 0.6) is 0 Å². The molecule has 2 atom stereocenters. The zero-order chi connectivity index (χ0) is 14.4. The highest BCUT2D eigenvalue weighted by Crippen LogP contribution is 2.45. The molecule has 3 aromatic rings. The predicted molar refractivity (Wildman–Crippen MR) is 83.0 cm³/mol. The van der Waals surface area contributed by atoms with Crippen molar-refractivity contribution >= 4 is 10.9 Å². The van der Waals surface area contributed by atoms with Crippen molar-refractivity contribution in [2.45, 2.75) is 18.4 Å². The number of aromatic nitrogens is 1. The first-order chi connectivity index (χ1) is 10.3. The van der Waals surface area contributed by atoms with E-state index in [0.29, 0.717) is 12.0 Å². The summed E-state index contributed by atoms with van der Waals surface area (Å²) in [6, 6.07) is 13.9. The van der Waals surface area contributed by atoms with Gasteiger partial charge < -0.3 is 10.3 Å². The van der Waals surface area contributed by atoms with Crippen molar-refractivity contribution in [2.75, 3.05) is 7.05 Å². The summed E-state index contributed by atoms with van der Waals surface area (Å²) in [6.45, 7) is 0. The van der Waals surface area contributed by atoms with E-state index in [0.717, 1.165) is 17.3 Å². The Morgan fingerprint density at radius 1 is 1.10 bits per heavy atom. The van der Waals surface area contributed by atoms with E-state index in [9.17, 15) is 4.39 Å². The predicted octanol–water partition coefficient (Wildman–Crippen LogP) is 4.10. The fraction of sp³-hybridized carbons (Fsp3) is 0.222. The summed E-state index contributed by atoms with van der Waals surface area (Å²) >= 11 is 0. The third-order valence-electron chi connectivity index (χ3n) is 4.62. The average Bonchev–Trinajstić information content (AvgIpc) is 3.07. The fourth-order valence-corrected chi connectivity index (χ4v) is 3.61. The lowest BCUT2D eigenvalue weighted by molar-refractivity contribution is 0.565. The van der Waals surface area contributed by atoms with Crippen LogP contribution in [0, 0.1) is 5.82 Å². The molecule has 1 aliphatic carbocycles. The van der Waals surface area contributed by atoms with E-state index >= 15 is 0 Å². The zero-order valence-corrected chi connectivity index (χ0v) is 11.9. The minimum atomic E-state index is -0.181. The molecule has 106 valence electrons.